The molecule has 0 saturated heterocycles. The van der Waals surface area contributed by atoms with Crippen molar-refractivity contribution in [2.75, 3.05) is 0 Å². The Labute approximate surface area is 101 Å². The number of allylic oxidation sites excluding steroid dienone is 3. The molecule has 3 atom stereocenters. The van der Waals surface area contributed by atoms with Crippen LogP contribution in [0.5, 0.6) is 0 Å². The van der Waals surface area contributed by atoms with Gasteiger partial charge in [0.2, 0.25) is 0 Å². The zero-order chi connectivity index (χ0) is 10.3. The summed E-state index contributed by atoms with van der Waals surface area (Å²) in [6.07, 6.45) is 7.95. The molecule has 0 aromatic rings. The lowest BCUT2D eigenvalue weighted by Gasteiger charge is -2.47. The van der Waals surface area contributed by atoms with E-state index in [9.17, 15) is 0 Å². The van der Waals surface area contributed by atoms with Crippen molar-refractivity contribution in [2.24, 2.45) is 17.3 Å². The third-order valence-corrected chi connectivity index (χ3v) is 5.47. The molecule has 0 nitrogen and oxygen atoms in total. The second kappa shape index (κ2) is 3.66. The maximum atomic E-state index is 4.17. The quantitative estimate of drug-likeness (QED) is 0.569. The molecule has 1 fully saturated rings. The van der Waals surface area contributed by atoms with E-state index in [1.165, 1.54) is 34.8 Å². The molecule has 0 heterocycles. The molecule has 14 heavy (non-hydrogen) atoms. The summed E-state index contributed by atoms with van der Waals surface area (Å²) in [6, 6.07) is 0. The molecule has 2 aliphatic carbocycles. The average Bonchev–Trinajstić information content (AvgIpc) is 2.11. The van der Waals surface area contributed by atoms with Gasteiger partial charge >= 0.3 is 0 Å². The summed E-state index contributed by atoms with van der Waals surface area (Å²) in [5.74, 6) is 1.70. The minimum atomic E-state index is 0.454. The molecule has 2 aliphatic rings. The van der Waals surface area contributed by atoms with Crippen molar-refractivity contribution in [2.45, 2.75) is 39.5 Å². The van der Waals surface area contributed by atoms with Gasteiger partial charge in [0.05, 0.1) is 0 Å². The zero-order valence-electron chi connectivity index (χ0n) is 9.15. The Kier molecular flexibility index (Phi) is 2.80. The van der Waals surface area contributed by atoms with Gasteiger partial charge in [-0.25, -0.2) is 0 Å². The lowest BCUT2D eigenvalue weighted by atomic mass is 9.58. The Bertz CT molecular complexity index is 290. The van der Waals surface area contributed by atoms with Gasteiger partial charge in [0.25, 0.3) is 0 Å². The first kappa shape index (κ1) is 10.7. The van der Waals surface area contributed by atoms with Crippen LogP contribution in [0.4, 0.5) is 0 Å². The lowest BCUT2D eigenvalue weighted by Crippen LogP contribution is -2.38. The largest absolute Gasteiger partial charge is 0.0948 e. The number of hydrogen-bond donors (Lipinski definition) is 0. The molecule has 0 aromatic heterocycles. The minimum Gasteiger partial charge on any atom is -0.0948 e. The van der Waals surface area contributed by atoms with Crippen molar-refractivity contribution < 1.29 is 0 Å². The second-order valence-electron chi connectivity index (χ2n) is 5.19. The monoisotopic (exact) mass is 302 g/mol. The molecule has 0 spiro atoms. The van der Waals surface area contributed by atoms with Crippen LogP contribution >= 0.6 is 22.6 Å². The van der Waals surface area contributed by atoms with Crippen LogP contribution in [0.15, 0.2) is 21.8 Å². The maximum absolute atomic E-state index is 4.17. The van der Waals surface area contributed by atoms with Crippen LogP contribution in [0.3, 0.4) is 0 Å². The lowest BCUT2D eigenvalue weighted by molar-refractivity contribution is 0.0973. The number of halogens is 1. The van der Waals surface area contributed by atoms with Gasteiger partial charge < -0.3 is 0 Å². The van der Waals surface area contributed by atoms with Crippen LogP contribution in [0.1, 0.15) is 39.5 Å². The molecule has 0 amide bonds. The van der Waals surface area contributed by atoms with Crippen LogP contribution < -0.4 is 0 Å². The Morgan fingerprint density at radius 1 is 1.50 bits per heavy atom. The van der Waals surface area contributed by atoms with Crippen molar-refractivity contribution in [1.29, 1.82) is 0 Å². The van der Waals surface area contributed by atoms with E-state index in [0.717, 1.165) is 11.8 Å². The van der Waals surface area contributed by atoms with Gasteiger partial charge in [-0.2, -0.15) is 0 Å². The molecule has 0 bridgehead atoms. The van der Waals surface area contributed by atoms with Gasteiger partial charge in [0.15, 0.2) is 0 Å². The highest BCUT2D eigenvalue weighted by atomic mass is 127. The molecular formula is C13H19I. The number of fused-ring (bicyclic) bond motifs is 1. The van der Waals surface area contributed by atoms with Crippen LogP contribution in [0, 0.1) is 17.3 Å². The summed E-state index contributed by atoms with van der Waals surface area (Å²) in [4.78, 5) is 0. The second-order valence-corrected chi connectivity index (χ2v) is 6.36. The van der Waals surface area contributed by atoms with E-state index in [1.807, 2.05) is 0 Å². The van der Waals surface area contributed by atoms with E-state index in [2.05, 4.69) is 49.1 Å². The fourth-order valence-electron chi connectivity index (χ4n) is 3.05. The Morgan fingerprint density at radius 2 is 2.21 bits per heavy atom. The molecule has 1 heteroatoms. The fraction of sp³-hybridized carbons (Fsp3) is 0.692. The molecule has 0 radical (unpaired) electrons. The van der Waals surface area contributed by atoms with Gasteiger partial charge in [0.1, 0.15) is 0 Å². The van der Waals surface area contributed by atoms with Gasteiger partial charge in [-0.05, 0) is 64.7 Å². The predicted octanol–water partition coefficient (Wildman–Crippen LogP) is 4.71. The third kappa shape index (κ3) is 1.58. The van der Waals surface area contributed by atoms with Gasteiger partial charge in [-0.15, -0.1) is 0 Å². The number of rotatable bonds is 0. The molecule has 0 unspecified atom stereocenters. The standard InChI is InChI=1S/C13H19I/c1-9-7-11-6-4-5-10(2)13(11,3)8-12(9)14/h8,10-11H,1,4-7H2,2-3H3/t10-,11+,13+/m1/s1. The van der Waals surface area contributed by atoms with Crippen molar-refractivity contribution in [3.8, 4) is 0 Å². The highest BCUT2D eigenvalue weighted by Gasteiger charge is 2.42. The maximum Gasteiger partial charge on any atom is 0.0122 e. The predicted molar refractivity (Wildman–Crippen MR) is 70.5 cm³/mol. The van der Waals surface area contributed by atoms with Gasteiger partial charge in [-0.1, -0.05) is 32.9 Å². The van der Waals surface area contributed by atoms with Crippen molar-refractivity contribution in [1.82, 2.24) is 0 Å². The van der Waals surface area contributed by atoms with Crippen LogP contribution in [-0.2, 0) is 0 Å². The SMILES string of the molecule is C=C1C[C@@H]2CCC[C@@H](C)[C@]2(C)C=C1I. The molecule has 0 aliphatic heterocycles. The molecule has 78 valence electrons. The minimum absolute atomic E-state index is 0.454. The van der Waals surface area contributed by atoms with Crippen LogP contribution in [0.2, 0.25) is 0 Å². The zero-order valence-corrected chi connectivity index (χ0v) is 11.3. The van der Waals surface area contributed by atoms with E-state index in [0.29, 0.717) is 5.41 Å². The van der Waals surface area contributed by atoms with E-state index < -0.39 is 0 Å². The van der Waals surface area contributed by atoms with Crippen LogP contribution in [0.25, 0.3) is 0 Å². The summed E-state index contributed by atoms with van der Waals surface area (Å²) in [5.41, 5.74) is 1.82. The van der Waals surface area contributed by atoms with Gasteiger partial charge in [-0.3, -0.25) is 0 Å². The Morgan fingerprint density at radius 3 is 2.93 bits per heavy atom. The molecule has 2 rings (SSSR count). The topological polar surface area (TPSA) is 0 Å². The van der Waals surface area contributed by atoms with E-state index in [4.69, 9.17) is 0 Å². The van der Waals surface area contributed by atoms with Crippen molar-refractivity contribution in [3.05, 3.63) is 21.8 Å². The van der Waals surface area contributed by atoms with Crippen LogP contribution in [-0.4, -0.2) is 0 Å². The van der Waals surface area contributed by atoms with Gasteiger partial charge in [0, 0.05) is 3.58 Å². The summed E-state index contributed by atoms with van der Waals surface area (Å²) >= 11 is 2.45. The summed E-state index contributed by atoms with van der Waals surface area (Å²) in [7, 11) is 0. The van der Waals surface area contributed by atoms with Crippen molar-refractivity contribution in [3.63, 3.8) is 0 Å². The summed E-state index contributed by atoms with van der Waals surface area (Å²) in [6.45, 7) is 9.03. The first-order chi connectivity index (χ1) is 6.54. The van der Waals surface area contributed by atoms with E-state index in [1.54, 1.807) is 0 Å². The highest BCUT2D eigenvalue weighted by molar-refractivity contribution is 14.1. The van der Waals surface area contributed by atoms with E-state index >= 15 is 0 Å². The third-order valence-electron chi connectivity index (χ3n) is 4.40. The Hall–Kier alpha value is 0.210. The van der Waals surface area contributed by atoms with E-state index in [-0.39, 0.29) is 0 Å². The summed E-state index contributed by atoms with van der Waals surface area (Å²) < 4.78 is 1.41. The molecule has 0 N–H and O–H groups in total. The molecule has 0 aromatic carbocycles. The fourth-order valence-corrected chi connectivity index (χ4v) is 3.94. The first-order valence-corrected chi connectivity index (χ1v) is 6.68. The summed E-state index contributed by atoms with van der Waals surface area (Å²) in [5, 5.41) is 0. The average molecular weight is 302 g/mol. The first-order valence-electron chi connectivity index (χ1n) is 5.60. The normalized spacial score (nSPS) is 43.1. The Balaban J connectivity index is 2.36. The smallest absolute Gasteiger partial charge is 0.0122 e. The molecular weight excluding hydrogens is 283 g/mol. The molecule has 1 saturated carbocycles. The number of hydrogen-bond acceptors (Lipinski definition) is 0. The highest BCUT2D eigenvalue weighted by Crippen LogP contribution is 2.53. The van der Waals surface area contributed by atoms with Crippen molar-refractivity contribution >= 4 is 22.6 Å².